The van der Waals surface area contributed by atoms with Crippen molar-refractivity contribution in [1.29, 1.82) is 0 Å². The molecule has 2 heterocycles. The summed E-state index contributed by atoms with van der Waals surface area (Å²) < 4.78 is 41.5. The quantitative estimate of drug-likeness (QED) is 0.621. The lowest BCUT2D eigenvalue weighted by molar-refractivity contribution is -0.155. The number of aromatic nitrogens is 3. The lowest BCUT2D eigenvalue weighted by Crippen LogP contribution is -2.32. The summed E-state index contributed by atoms with van der Waals surface area (Å²) >= 11 is 0. The Bertz CT molecular complexity index is 1180. The highest BCUT2D eigenvalue weighted by atomic mass is 19.4. The van der Waals surface area contributed by atoms with E-state index in [2.05, 4.69) is 29.3 Å². The van der Waals surface area contributed by atoms with E-state index < -0.39 is 18.0 Å². The first-order chi connectivity index (χ1) is 13.5. The van der Waals surface area contributed by atoms with Crippen LogP contribution in [0, 0.1) is 5.41 Å². The van der Waals surface area contributed by atoms with Crippen molar-refractivity contribution < 1.29 is 13.2 Å². The van der Waals surface area contributed by atoms with Gasteiger partial charge in [0.1, 0.15) is 0 Å². The van der Waals surface area contributed by atoms with Crippen molar-refractivity contribution >= 4 is 17.2 Å². The number of rotatable bonds is 4. The van der Waals surface area contributed by atoms with E-state index in [1.54, 1.807) is 13.1 Å². The molecular formula is C22H22F3N3O. The summed E-state index contributed by atoms with van der Waals surface area (Å²) in [5.74, 6) is 0. The van der Waals surface area contributed by atoms with Gasteiger partial charge in [0.25, 0.3) is 0 Å². The number of halogens is 3. The monoisotopic (exact) mass is 401 g/mol. The van der Waals surface area contributed by atoms with Crippen molar-refractivity contribution in [1.82, 2.24) is 14.1 Å². The molecule has 0 fully saturated rings. The van der Waals surface area contributed by atoms with E-state index >= 15 is 0 Å². The molecule has 4 nitrogen and oxygen atoms in total. The van der Waals surface area contributed by atoms with Gasteiger partial charge in [-0.3, -0.25) is 9.13 Å². The van der Waals surface area contributed by atoms with Crippen molar-refractivity contribution in [3.05, 3.63) is 58.0 Å². The third-order valence-electron chi connectivity index (χ3n) is 5.32. The molecule has 0 unspecified atom stereocenters. The molecule has 0 radical (unpaired) electrons. The molecule has 2 aromatic heterocycles. The number of pyridine rings is 1. The maximum absolute atomic E-state index is 12.9. The summed E-state index contributed by atoms with van der Waals surface area (Å²) in [5.41, 5.74) is 3.62. The summed E-state index contributed by atoms with van der Waals surface area (Å²) in [6.45, 7) is 3.00. The normalized spacial score (nSPS) is 14.0. The number of fused-ring (bicyclic) bond motifs is 2. The number of benzene rings is 1. The SMILES string of the molecule is Cn1c(=O)n(CC(C)(C)CC(F)(F)F)c2ccc(-c3ccc4c(c3)C=CC4)nc21. The van der Waals surface area contributed by atoms with Crippen LogP contribution >= 0.6 is 0 Å². The highest BCUT2D eigenvalue weighted by Gasteiger charge is 2.37. The van der Waals surface area contributed by atoms with E-state index in [1.165, 1.54) is 28.5 Å². The molecule has 4 rings (SSSR count). The van der Waals surface area contributed by atoms with Gasteiger partial charge in [0, 0.05) is 19.2 Å². The van der Waals surface area contributed by atoms with Gasteiger partial charge in [-0.25, -0.2) is 9.78 Å². The molecule has 0 aliphatic heterocycles. The predicted octanol–water partition coefficient (Wildman–Crippen LogP) is 4.95. The lowest BCUT2D eigenvalue weighted by atomic mass is 9.89. The van der Waals surface area contributed by atoms with E-state index in [0.717, 1.165) is 23.2 Å². The number of aryl methyl sites for hydroxylation is 1. The number of alkyl halides is 3. The molecule has 0 saturated carbocycles. The number of hydrogen-bond acceptors (Lipinski definition) is 2. The second kappa shape index (κ2) is 6.61. The van der Waals surface area contributed by atoms with Crippen LogP contribution in [-0.2, 0) is 20.0 Å². The van der Waals surface area contributed by atoms with Crippen LogP contribution in [0.2, 0.25) is 0 Å². The first-order valence-corrected chi connectivity index (χ1v) is 9.47. The van der Waals surface area contributed by atoms with Gasteiger partial charge in [-0.2, -0.15) is 13.2 Å². The van der Waals surface area contributed by atoms with Gasteiger partial charge in [-0.1, -0.05) is 38.1 Å². The molecule has 0 N–H and O–H groups in total. The van der Waals surface area contributed by atoms with Gasteiger partial charge < -0.3 is 0 Å². The molecule has 3 aromatic rings. The largest absolute Gasteiger partial charge is 0.389 e. The summed E-state index contributed by atoms with van der Waals surface area (Å²) in [7, 11) is 1.60. The first kappa shape index (κ1) is 19.5. The average molecular weight is 401 g/mol. The van der Waals surface area contributed by atoms with Crippen LogP contribution in [0.3, 0.4) is 0 Å². The Balaban J connectivity index is 1.75. The standard InChI is InChI=1S/C22H22F3N3O/c1-21(2,12-22(23,24)25)13-28-18-10-9-17(26-19(18)27(3)20(28)29)16-8-7-14-5-4-6-15(14)11-16/h4,6-11H,5,12-13H2,1-3H3. The summed E-state index contributed by atoms with van der Waals surface area (Å²) in [6, 6.07) is 9.72. The summed E-state index contributed by atoms with van der Waals surface area (Å²) in [4.78, 5) is 17.4. The van der Waals surface area contributed by atoms with Gasteiger partial charge in [0.05, 0.1) is 17.6 Å². The number of nitrogens with zero attached hydrogens (tertiary/aromatic N) is 3. The summed E-state index contributed by atoms with van der Waals surface area (Å²) in [5, 5.41) is 0. The van der Waals surface area contributed by atoms with Gasteiger partial charge in [-0.15, -0.1) is 0 Å². The fourth-order valence-corrected chi connectivity index (χ4v) is 4.02. The maximum atomic E-state index is 12.9. The van der Waals surface area contributed by atoms with Crippen molar-refractivity contribution in [2.24, 2.45) is 12.5 Å². The minimum atomic E-state index is -4.29. The van der Waals surface area contributed by atoms with E-state index in [4.69, 9.17) is 0 Å². The topological polar surface area (TPSA) is 39.8 Å². The zero-order valence-corrected chi connectivity index (χ0v) is 16.5. The highest BCUT2D eigenvalue weighted by molar-refractivity contribution is 5.77. The molecule has 29 heavy (non-hydrogen) atoms. The number of allylic oxidation sites excluding steroid dienone is 1. The van der Waals surface area contributed by atoms with Crippen LogP contribution in [0.25, 0.3) is 28.5 Å². The second-order valence-corrected chi connectivity index (χ2v) is 8.44. The van der Waals surface area contributed by atoms with Crippen molar-refractivity contribution in [3.8, 4) is 11.3 Å². The fraction of sp³-hybridized carbons (Fsp3) is 0.364. The van der Waals surface area contributed by atoms with Crippen LogP contribution in [0.15, 0.2) is 41.2 Å². The molecule has 7 heteroatoms. The number of imidazole rings is 1. The molecule has 0 saturated heterocycles. The van der Waals surface area contributed by atoms with Crippen LogP contribution in [0.5, 0.6) is 0 Å². The third-order valence-corrected chi connectivity index (χ3v) is 5.32. The van der Waals surface area contributed by atoms with E-state index in [1.807, 2.05) is 12.1 Å². The van der Waals surface area contributed by atoms with Crippen LogP contribution in [0.1, 0.15) is 31.4 Å². The molecular weight excluding hydrogens is 379 g/mol. The molecule has 0 amide bonds. The Labute approximate surface area is 166 Å². The molecule has 1 aliphatic rings. The lowest BCUT2D eigenvalue weighted by Gasteiger charge is -2.26. The van der Waals surface area contributed by atoms with Gasteiger partial charge in [0.2, 0.25) is 0 Å². The predicted molar refractivity (Wildman–Crippen MR) is 108 cm³/mol. The number of hydrogen-bond donors (Lipinski definition) is 0. The maximum Gasteiger partial charge on any atom is 0.389 e. The van der Waals surface area contributed by atoms with Crippen LogP contribution in [-0.4, -0.2) is 20.3 Å². The van der Waals surface area contributed by atoms with Crippen molar-refractivity contribution in [2.45, 2.75) is 39.4 Å². The Morgan fingerprint density at radius 3 is 2.62 bits per heavy atom. The molecule has 1 aromatic carbocycles. The summed E-state index contributed by atoms with van der Waals surface area (Å²) in [6.07, 6.45) is -0.140. The third kappa shape index (κ3) is 3.73. The Morgan fingerprint density at radius 1 is 1.14 bits per heavy atom. The smallest absolute Gasteiger partial charge is 0.290 e. The van der Waals surface area contributed by atoms with E-state index in [-0.39, 0.29) is 12.2 Å². The fourth-order valence-electron chi connectivity index (χ4n) is 4.02. The molecule has 0 atom stereocenters. The van der Waals surface area contributed by atoms with Gasteiger partial charge in [0.15, 0.2) is 5.65 Å². The molecule has 0 bridgehead atoms. The minimum absolute atomic E-state index is 0.0344. The van der Waals surface area contributed by atoms with Crippen molar-refractivity contribution in [3.63, 3.8) is 0 Å². The van der Waals surface area contributed by atoms with E-state index in [9.17, 15) is 18.0 Å². The Kier molecular flexibility index (Phi) is 4.44. The Hall–Kier alpha value is -2.83. The van der Waals surface area contributed by atoms with E-state index in [0.29, 0.717) is 11.2 Å². The molecule has 0 spiro atoms. The van der Waals surface area contributed by atoms with Crippen LogP contribution in [0.4, 0.5) is 13.2 Å². The van der Waals surface area contributed by atoms with Gasteiger partial charge >= 0.3 is 11.9 Å². The van der Waals surface area contributed by atoms with Gasteiger partial charge in [-0.05, 0) is 41.2 Å². The zero-order chi connectivity index (χ0) is 21.0. The molecule has 152 valence electrons. The highest BCUT2D eigenvalue weighted by Crippen LogP contribution is 2.35. The minimum Gasteiger partial charge on any atom is -0.290 e. The first-order valence-electron chi connectivity index (χ1n) is 9.47. The Morgan fingerprint density at radius 2 is 1.90 bits per heavy atom. The van der Waals surface area contributed by atoms with Crippen LogP contribution < -0.4 is 5.69 Å². The molecule has 1 aliphatic carbocycles. The second-order valence-electron chi connectivity index (χ2n) is 8.44. The zero-order valence-electron chi connectivity index (χ0n) is 16.5. The van der Waals surface area contributed by atoms with Crippen molar-refractivity contribution in [2.75, 3.05) is 0 Å². The average Bonchev–Trinajstić information content (AvgIpc) is 3.18.